The third-order valence-corrected chi connectivity index (χ3v) is 3.49. The molecule has 2 nitrogen and oxygen atoms in total. The molecule has 1 aromatic carbocycles. The monoisotopic (exact) mass is 262 g/mol. The van der Waals surface area contributed by atoms with Gasteiger partial charge < -0.3 is 4.74 Å². The van der Waals surface area contributed by atoms with Gasteiger partial charge in [0, 0.05) is 0 Å². The van der Waals surface area contributed by atoms with E-state index in [0.717, 1.165) is 18.4 Å². The average Bonchev–Trinajstić information content (AvgIpc) is 2.43. The highest BCUT2D eigenvalue weighted by atomic mass is 16.5. The first-order chi connectivity index (χ1) is 9.09. The summed E-state index contributed by atoms with van der Waals surface area (Å²) in [5.74, 6) is -0.130. The van der Waals surface area contributed by atoms with Crippen molar-refractivity contribution in [3.05, 3.63) is 35.9 Å². The summed E-state index contributed by atoms with van der Waals surface area (Å²) >= 11 is 0. The number of rotatable bonds is 8. The molecular weight excluding hydrogens is 236 g/mol. The number of hydrogen-bond acceptors (Lipinski definition) is 2. The number of hydrogen-bond donors (Lipinski definition) is 0. The van der Waals surface area contributed by atoms with Crippen LogP contribution in [0.15, 0.2) is 30.3 Å². The predicted octanol–water partition coefficient (Wildman–Crippen LogP) is 4.48. The fraction of sp³-hybridized carbons (Fsp3) is 0.588. The van der Waals surface area contributed by atoms with Gasteiger partial charge in [-0.3, -0.25) is 4.79 Å². The molecule has 0 aliphatic carbocycles. The maximum Gasteiger partial charge on any atom is 0.315 e. The molecule has 0 amide bonds. The smallest absolute Gasteiger partial charge is 0.315 e. The van der Waals surface area contributed by atoms with Gasteiger partial charge in [0.05, 0.1) is 12.0 Å². The number of esters is 1. The van der Waals surface area contributed by atoms with Crippen LogP contribution in [0, 0.1) is 0 Å². The molecule has 0 spiro atoms. The quantitative estimate of drug-likeness (QED) is 0.510. The van der Waals surface area contributed by atoms with Gasteiger partial charge in [-0.1, -0.05) is 62.9 Å². The maximum atomic E-state index is 12.1. The van der Waals surface area contributed by atoms with Crippen LogP contribution in [-0.4, -0.2) is 12.6 Å². The Morgan fingerprint density at radius 2 is 1.68 bits per heavy atom. The zero-order chi connectivity index (χ0) is 14.1. The van der Waals surface area contributed by atoms with E-state index in [-0.39, 0.29) is 5.97 Å². The summed E-state index contributed by atoms with van der Waals surface area (Å²) in [4.78, 5) is 12.1. The zero-order valence-corrected chi connectivity index (χ0v) is 12.4. The van der Waals surface area contributed by atoms with Crippen LogP contribution in [0.5, 0.6) is 0 Å². The standard InChI is InChI=1S/C17H26O2/c1-4-5-6-7-11-14-19-16(18)17(2,3)15-12-9-8-10-13-15/h8-10,12-13H,4-7,11,14H2,1-3H3. The molecule has 0 saturated carbocycles. The number of benzene rings is 1. The van der Waals surface area contributed by atoms with Crippen molar-refractivity contribution in [1.29, 1.82) is 0 Å². The second-order valence-corrected chi connectivity index (χ2v) is 5.54. The Hall–Kier alpha value is -1.31. The lowest BCUT2D eigenvalue weighted by molar-refractivity contribution is -0.149. The lowest BCUT2D eigenvalue weighted by atomic mass is 9.85. The van der Waals surface area contributed by atoms with E-state index >= 15 is 0 Å². The van der Waals surface area contributed by atoms with Crippen LogP contribution < -0.4 is 0 Å². The second-order valence-electron chi connectivity index (χ2n) is 5.54. The van der Waals surface area contributed by atoms with E-state index in [0.29, 0.717) is 6.61 Å². The molecule has 0 bridgehead atoms. The molecule has 1 rings (SSSR count). The third kappa shape index (κ3) is 5.06. The van der Waals surface area contributed by atoms with Crippen molar-refractivity contribution in [2.45, 2.75) is 58.3 Å². The Balaban J connectivity index is 2.36. The summed E-state index contributed by atoms with van der Waals surface area (Å²) in [6.07, 6.45) is 5.85. The Labute approximate surface area is 117 Å². The Morgan fingerprint density at radius 1 is 1.05 bits per heavy atom. The van der Waals surface area contributed by atoms with E-state index in [1.807, 2.05) is 44.2 Å². The van der Waals surface area contributed by atoms with Gasteiger partial charge in [-0.25, -0.2) is 0 Å². The third-order valence-electron chi connectivity index (χ3n) is 3.49. The largest absolute Gasteiger partial charge is 0.465 e. The Kier molecular flexibility index (Phi) is 6.61. The summed E-state index contributed by atoms with van der Waals surface area (Å²) in [6.45, 7) is 6.57. The van der Waals surface area contributed by atoms with Crippen molar-refractivity contribution >= 4 is 5.97 Å². The molecule has 0 N–H and O–H groups in total. The molecular formula is C17H26O2. The molecule has 0 fully saturated rings. The SMILES string of the molecule is CCCCCCCOC(=O)C(C)(C)c1ccccc1. The summed E-state index contributed by atoms with van der Waals surface area (Å²) in [5, 5.41) is 0. The number of carbonyl (C=O) groups is 1. The van der Waals surface area contributed by atoms with Gasteiger partial charge in [0.2, 0.25) is 0 Å². The van der Waals surface area contributed by atoms with Gasteiger partial charge in [-0.05, 0) is 25.8 Å². The first-order valence-electron chi connectivity index (χ1n) is 7.31. The van der Waals surface area contributed by atoms with Gasteiger partial charge in [-0.15, -0.1) is 0 Å². The highest BCUT2D eigenvalue weighted by Gasteiger charge is 2.31. The molecule has 0 aliphatic heterocycles. The molecule has 0 unspecified atom stereocenters. The van der Waals surface area contributed by atoms with Crippen molar-refractivity contribution in [1.82, 2.24) is 0 Å². The van der Waals surface area contributed by atoms with Gasteiger partial charge in [0.15, 0.2) is 0 Å². The molecule has 2 heteroatoms. The number of unbranched alkanes of at least 4 members (excludes halogenated alkanes) is 4. The second kappa shape index (κ2) is 7.98. The van der Waals surface area contributed by atoms with Crippen LogP contribution >= 0.6 is 0 Å². The van der Waals surface area contributed by atoms with Crippen molar-refractivity contribution in [2.24, 2.45) is 0 Å². The molecule has 19 heavy (non-hydrogen) atoms. The van der Waals surface area contributed by atoms with Gasteiger partial charge >= 0.3 is 5.97 Å². The first kappa shape index (κ1) is 15.7. The molecule has 0 aliphatic rings. The molecule has 0 atom stereocenters. The highest BCUT2D eigenvalue weighted by molar-refractivity contribution is 5.82. The van der Waals surface area contributed by atoms with Crippen LogP contribution in [0.1, 0.15) is 58.4 Å². The summed E-state index contributed by atoms with van der Waals surface area (Å²) < 4.78 is 5.40. The van der Waals surface area contributed by atoms with Crippen LogP contribution in [0.4, 0.5) is 0 Å². The molecule has 0 saturated heterocycles. The van der Waals surface area contributed by atoms with Crippen LogP contribution in [0.3, 0.4) is 0 Å². The summed E-state index contributed by atoms with van der Waals surface area (Å²) in [5.41, 5.74) is 0.441. The summed E-state index contributed by atoms with van der Waals surface area (Å²) in [7, 11) is 0. The minimum atomic E-state index is -0.565. The number of carbonyl (C=O) groups excluding carboxylic acids is 1. The average molecular weight is 262 g/mol. The first-order valence-corrected chi connectivity index (χ1v) is 7.31. The van der Waals surface area contributed by atoms with Crippen LogP contribution in [-0.2, 0) is 14.9 Å². The van der Waals surface area contributed by atoms with E-state index in [4.69, 9.17) is 4.74 Å². The van der Waals surface area contributed by atoms with Crippen molar-refractivity contribution in [3.8, 4) is 0 Å². The summed E-state index contributed by atoms with van der Waals surface area (Å²) in [6, 6.07) is 9.81. The van der Waals surface area contributed by atoms with E-state index in [1.54, 1.807) is 0 Å². The maximum absolute atomic E-state index is 12.1. The van der Waals surface area contributed by atoms with E-state index in [9.17, 15) is 4.79 Å². The van der Waals surface area contributed by atoms with Crippen LogP contribution in [0.25, 0.3) is 0 Å². The van der Waals surface area contributed by atoms with Crippen molar-refractivity contribution < 1.29 is 9.53 Å². The van der Waals surface area contributed by atoms with Gasteiger partial charge in [-0.2, -0.15) is 0 Å². The van der Waals surface area contributed by atoms with Gasteiger partial charge in [0.25, 0.3) is 0 Å². The van der Waals surface area contributed by atoms with Crippen molar-refractivity contribution in [2.75, 3.05) is 6.61 Å². The molecule has 0 heterocycles. The van der Waals surface area contributed by atoms with E-state index in [1.165, 1.54) is 19.3 Å². The Morgan fingerprint density at radius 3 is 2.32 bits per heavy atom. The Bertz CT molecular complexity index is 368. The molecule has 1 aromatic rings. The van der Waals surface area contributed by atoms with E-state index in [2.05, 4.69) is 6.92 Å². The lowest BCUT2D eigenvalue weighted by Crippen LogP contribution is -2.31. The molecule has 106 valence electrons. The number of ether oxygens (including phenoxy) is 1. The molecule has 0 radical (unpaired) electrons. The van der Waals surface area contributed by atoms with Crippen molar-refractivity contribution in [3.63, 3.8) is 0 Å². The van der Waals surface area contributed by atoms with Crippen LogP contribution in [0.2, 0.25) is 0 Å². The fourth-order valence-corrected chi connectivity index (χ4v) is 2.02. The minimum absolute atomic E-state index is 0.130. The zero-order valence-electron chi connectivity index (χ0n) is 12.4. The molecule has 0 aromatic heterocycles. The predicted molar refractivity (Wildman–Crippen MR) is 79.2 cm³/mol. The normalized spacial score (nSPS) is 11.3. The fourth-order valence-electron chi connectivity index (χ4n) is 2.02. The lowest BCUT2D eigenvalue weighted by Gasteiger charge is -2.23. The highest BCUT2D eigenvalue weighted by Crippen LogP contribution is 2.24. The topological polar surface area (TPSA) is 26.3 Å². The van der Waals surface area contributed by atoms with Gasteiger partial charge in [0.1, 0.15) is 0 Å². The van der Waals surface area contributed by atoms with E-state index < -0.39 is 5.41 Å². The minimum Gasteiger partial charge on any atom is -0.465 e.